The number of anilines is 1. The molecule has 0 saturated carbocycles. The maximum atomic E-state index is 13.6. The maximum Gasteiger partial charge on any atom is 0.244 e. The fourth-order valence-corrected chi connectivity index (χ4v) is 4.66. The van der Waals surface area contributed by atoms with Crippen LogP contribution in [0.25, 0.3) is 0 Å². The summed E-state index contributed by atoms with van der Waals surface area (Å²) < 4.78 is 26.2. The van der Waals surface area contributed by atoms with Gasteiger partial charge in [-0.3, -0.25) is 13.9 Å². The molecule has 35 heavy (non-hydrogen) atoms. The first-order valence-electron chi connectivity index (χ1n) is 11.1. The summed E-state index contributed by atoms with van der Waals surface area (Å²) in [5.74, 6) is -0.841. The van der Waals surface area contributed by atoms with Crippen LogP contribution in [0.4, 0.5) is 5.69 Å². The predicted octanol–water partition coefficient (Wildman–Crippen LogP) is 5.13. The Morgan fingerprint density at radius 1 is 0.971 bits per heavy atom. The van der Waals surface area contributed by atoms with E-state index in [0.29, 0.717) is 11.4 Å². The predicted molar refractivity (Wildman–Crippen MR) is 143 cm³/mol. The Morgan fingerprint density at radius 2 is 1.60 bits per heavy atom. The van der Waals surface area contributed by atoms with Crippen LogP contribution in [0.2, 0.25) is 15.1 Å². The number of amides is 2. The molecular formula is C24H30Cl3N3O4S. The van der Waals surface area contributed by atoms with Crippen LogP contribution in [0.1, 0.15) is 39.2 Å². The summed E-state index contributed by atoms with van der Waals surface area (Å²) in [7, 11) is -3.86. The van der Waals surface area contributed by atoms with Crippen molar-refractivity contribution < 1.29 is 18.0 Å². The van der Waals surface area contributed by atoms with Crippen molar-refractivity contribution in [1.29, 1.82) is 0 Å². The maximum absolute atomic E-state index is 13.6. The second-order valence-corrected chi connectivity index (χ2v) is 11.4. The largest absolute Gasteiger partial charge is 0.352 e. The van der Waals surface area contributed by atoms with Crippen molar-refractivity contribution in [3.8, 4) is 0 Å². The van der Waals surface area contributed by atoms with Crippen molar-refractivity contribution in [3.63, 3.8) is 0 Å². The van der Waals surface area contributed by atoms with Gasteiger partial charge in [-0.15, -0.1) is 0 Å². The van der Waals surface area contributed by atoms with E-state index in [9.17, 15) is 18.0 Å². The van der Waals surface area contributed by atoms with Crippen molar-refractivity contribution in [3.05, 3.63) is 63.1 Å². The molecule has 0 fully saturated rings. The van der Waals surface area contributed by atoms with Gasteiger partial charge in [-0.05, 0) is 55.7 Å². The number of nitrogens with zero attached hydrogens (tertiary/aromatic N) is 2. The number of hydrogen-bond acceptors (Lipinski definition) is 4. The van der Waals surface area contributed by atoms with Gasteiger partial charge in [0, 0.05) is 17.6 Å². The number of nitrogens with one attached hydrogen (secondary N) is 1. The van der Waals surface area contributed by atoms with E-state index in [1.165, 1.54) is 23.1 Å². The zero-order chi connectivity index (χ0) is 26.3. The molecule has 2 aromatic carbocycles. The van der Waals surface area contributed by atoms with E-state index >= 15 is 0 Å². The molecule has 2 atom stereocenters. The Morgan fingerprint density at radius 3 is 2.11 bits per heavy atom. The SMILES string of the molecule is CC[C@H](C(=O)N[C@@H](C)CC)N(Cc1ccc(Cl)cc1)C(=O)CN(c1ccc(Cl)c(Cl)c1)S(C)(=O)=O. The van der Waals surface area contributed by atoms with Crippen LogP contribution in [-0.2, 0) is 26.2 Å². The molecule has 0 aliphatic carbocycles. The van der Waals surface area contributed by atoms with Gasteiger partial charge in [0.15, 0.2) is 0 Å². The Labute approximate surface area is 222 Å². The number of rotatable bonds is 11. The third-order valence-corrected chi connectivity index (χ3v) is 7.66. The van der Waals surface area contributed by atoms with Crippen LogP contribution in [0, 0.1) is 0 Å². The van der Waals surface area contributed by atoms with Crippen LogP contribution in [0.3, 0.4) is 0 Å². The molecule has 0 bridgehead atoms. The quantitative estimate of drug-likeness (QED) is 0.411. The van der Waals surface area contributed by atoms with Crippen LogP contribution in [0.15, 0.2) is 42.5 Å². The van der Waals surface area contributed by atoms with Gasteiger partial charge in [0.05, 0.1) is 22.0 Å². The summed E-state index contributed by atoms with van der Waals surface area (Å²) in [6.45, 7) is 5.21. The van der Waals surface area contributed by atoms with Crippen LogP contribution >= 0.6 is 34.8 Å². The van der Waals surface area contributed by atoms with Crippen molar-refractivity contribution in [2.75, 3.05) is 17.1 Å². The molecular weight excluding hydrogens is 533 g/mol. The highest BCUT2D eigenvalue weighted by atomic mass is 35.5. The van der Waals surface area contributed by atoms with E-state index in [0.717, 1.165) is 22.5 Å². The number of carbonyl (C=O) groups is 2. The molecule has 192 valence electrons. The Bertz CT molecular complexity index is 1140. The van der Waals surface area contributed by atoms with Gasteiger partial charge < -0.3 is 10.2 Å². The monoisotopic (exact) mass is 561 g/mol. The van der Waals surface area contributed by atoms with E-state index < -0.39 is 28.5 Å². The molecule has 11 heteroatoms. The molecule has 0 spiro atoms. The van der Waals surface area contributed by atoms with Gasteiger partial charge in [-0.2, -0.15) is 0 Å². The third kappa shape index (κ3) is 8.27. The first-order valence-corrected chi connectivity index (χ1v) is 14.1. The topological polar surface area (TPSA) is 86.8 Å². The minimum absolute atomic E-state index is 0.0761. The first kappa shape index (κ1) is 29.2. The smallest absolute Gasteiger partial charge is 0.244 e. The average Bonchev–Trinajstić information content (AvgIpc) is 2.79. The lowest BCUT2D eigenvalue weighted by atomic mass is 10.1. The molecule has 2 rings (SSSR count). The lowest BCUT2D eigenvalue weighted by molar-refractivity contribution is -0.140. The molecule has 0 radical (unpaired) electrons. The Hall–Kier alpha value is -2.00. The number of hydrogen-bond donors (Lipinski definition) is 1. The normalized spacial score (nSPS) is 13.1. The van der Waals surface area contributed by atoms with Crippen LogP contribution in [0.5, 0.6) is 0 Å². The van der Waals surface area contributed by atoms with Gasteiger partial charge in [0.1, 0.15) is 12.6 Å². The average molecular weight is 563 g/mol. The highest BCUT2D eigenvalue weighted by Gasteiger charge is 2.32. The van der Waals surface area contributed by atoms with Gasteiger partial charge >= 0.3 is 0 Å². The van der Waals surface area contributed by atoms with E-state index in [2.05, 4.69) is 5.32 Å². The molecule has 0 aliphatic heterocycles. The second kappa shape index (κ2) is 12.8. The summed E-state index contributed by atoms with van der Waals surface area (Å²) in [6, 6.07) is 10.3. The Kier molecular flexibility index (Phi) is 10.7. The van der Waals surface area contributed by atoms with Crippen LogP contribution in [-0.4, -0.2) is 50.0 Å². The fraction of sp³-hybridized carbons (Fsp3) is 0.417. The van der Waals surface area contributed by atoms with E-state index in [1.807, 2.05) is 13.8 Å². The zero-order valence-corrected chi connectivity index (χ0v) is 23.2. The third-order valence-electron chi connectivity index (χ3n) is 5.52. The lowest BCUT2D eigenvalue weighted by Gasteiger charge is -2.33. The van der Waals surface area contributed by atoms with Gasteiger partial charge in [-0.1, -0.05) is 60.8 Å². The fourth-order valence-electron chi connectivity index (χ4n) is 3.40. The summed E-state index contributed by atoms with van der Waals surface area (Å²) in [5, 5.41) is 3.87. The van der Waals surface area contributed by atoms with Crippen molar-refractivity contribution in [2.45, 2.75) is 52.2 Å². The number of carbonyl (C=O) groups excluding carboxylic acids is 2. The zero-order valence-electron chi connectivity index (χ0n) is 20.1. The van der Waals surface area contributed by atoms with E-state index in [1.54, 1.807) is 31.2 Å². The minimum atomic E-state index is -3.86. The molecule has 1 N–H and O–H groups in total. The molecule has 2 amide bonds. The molecule has 0 saturated heterocycles. The summed E-state index contributed by atoms with van der Waals surface area (Å²) in [4.78, 5) is 28.1. The molecule has 0 unspecified atom stereocenters. The molecule has 0 heterocycles. The first-order chi connectivity index (χ1) is 16.4. The highest BCUT2D eigenvalue weighted by Crippen LogP contribution is 2.28. The van der Waals surface area contributed by atoms with Crippen LogP contribution < -0.4 is 9.62 Å². The summed E-state index contributed by atoms with van der Waals surface area (Å²) >= 11 is 18.1. The highest BCUT2D eigenvalue weighted by molar-refractivity contribution is 7.92. The lowest BCUT2D eigenvalue weighted by Crippen LogP contribution is -2.53. The van der Waals surface area contributed by atoms with E-state index in [-0.39, 0.29) is 34.2 Å². The molecule has 2 aromatic rings. The number of benzene rings is 2. The number of halogens is 3. The number of sulfonamides is 1. The Balaban J connectivity index is 2.45. The second-order valence-electron chi connectivity index (χ2n) is 8.26. The minimum Gasteiger partial charge on any atom is -0.352 e. The summed E-state index contributed by atoms with van der Waals surface area (Å²) in [5.41, 5.74) is 0.941. The van der Waals surface area contributed by atoms with E-state index in [4.69, 9.17) is 34.8 Å². The summed E-state index contributed by atoms with van der Waals surface area (Å²) in [6.07, 6.45) is 2.07. The molecule has 7 nitrogen and oxygen atoms in total. The van der Waals surface area contributed by atoms with Crippen molar-refractivity contribution >= 4 is 62.3 Å². The van der Waals surface area contributed by atoms with Crippen molar-refractivity contribution in [1.82, 2.24) is 10.2 Å². The molecule has 0 aromatic heterocycles. The standard InChI is InChI=1S/C24H30Cl3N3O4S/c1-5-16(3)28-24(32)22(6-2)29(14-17-7-9-18(25)10-8-17)23(31)15-30(35(4,33)34)19-11-12-20(26)21(27)13-19/h7-13,16,22H,5-6,14-15H2,1-4H3,(H,28,32)/t16-,22+/m0/s1. The van der Waals surface area contributed by atoms with Crippen molar-refractivity contribution in [2.24, 2.45) is 0 Å². The van der Waals surface area contributed by atoms with Gasteiger partial charge in [0.2, 0.25) is 21.8 Å². The van der Waals surface area contributed by atoms with Gasteiger partial charge in [0.25, 0.3) is 0 Å². The van der Waals surface area contributed by atoms with Gasteiger partial charge in [-0.25, -0.2) is 8.42 Å². The molecule has 0 aliphatic rings.